The molecule has 1 N–H and O–H groups in total. The normalized spacial score (nSPS) is 20.4. The standard InChI is InChI=1S/C19H31N.ClH/c1-14(2)13-18(19-7-5-6-12-20-19)17-10-8-16(9-11-17)15(3)4;/h8-11,14-15,18-20H,5-7,12-13H2,1-4H3;1H. The monoisotopic (exact) mass is 309 g/mol. The molecule has 1 aliphatic heterocycles. The Labute approximate surface area is 137 Å². The Balaban J connectivity index is 0.00000220. The highest BCUT2D eigenvalue weighted by molar-refractivity contribution is 5.85. The third-order valence-electron chi connectivity index (χ3n) is 4.59. The van der Waals surface area contributed by atoms with Gasteiger partial charge in [-0.05, 0) is 54.7 Å². The summed E-state index contributed by atoms with van der Waals surface area (Å²) in [7, 11) is 0. The van der Waals surface area contributed by atoms with Crippen molar-refractivity contribution in [2.45, 2.75) is 71.3 Å². The molecule has 21 heavy (non-hydrogen) atoms. The first-order valence-electron chi connectivity index (χ1n) is 8.41. The molecular formula is C19H32ClN. The summed E-state index contributed by atoms with van der Waals surface area (Å²) in [5, 5.41) is 3.76. The molecule has 1 heterocycles. The van der Waals surface area contributed by atoms with Gasteiger partial charge >= 0.3 is 0 Å². The van der Waals surface area contributed by atoms with Crippen molar-refractivity contribution < 1.29 is 0 Å². The highest BCUT2D eigenvalue weighted by Crippen LogP contribution is 2.31. The van der Waals surface area contributed by atoms with E-state index in [4.69, 9.17) is 0 Å². The number of nitrogens with one attached hydrogen (secondary N) is 1. The molecule has 120 valence electrons. The average Bonchev–Trinajstić information content (AvgIpc) is 2.45. The second-order valence-corrected chi connectivity index (χ2v) is 7.11. The van der Waals surface area contributed by atoms with Crippen molar-refractivity contribution >= 4 is 12.4 Å². The predicted molar refractivity (Wildman–Crippen MR) is 95.6 cm³/mol. The first-order valence-corrected chi connectivity index (χ1v) is 8.41. The van der Waals surface area contributed by atoms with Gasteiger partial charge in [0.1, 0.15) is 0 Å². The lowest BCUT2D eigenvalue weighted by Crippen LogP contribution is -2.39. The van der Waals surface area contributed by atoms with Gasteiger partial charge in [0.15, 0.2) is 0 Å². The van der Waals surface area contributed by atoms with Crippen molar-refractivity contribution in [3.05, 3.63) is 35.4 Å². The molecule has 2 atom stereocenters. The van der Waals surface area contributed by atoms with Gasteiger partial charge in [-0.2, -0.15) is 0 Å². The Kier molecular flexibility index (Phi) is 7.76. The first-order chi connectivity index (χ1) is 9.58. The van der Waals surface area contributed by atoms with E-state index in [2.05, 4.69) is 57.3 Å². The van der Waals surface area contributed by atoms with Crippen LogP contribution >= 0.6 is 12.4 Å². The van der Waals surface area contributed by atoms with Crippen LogP contribution in [0.15, 0.2) is 24.3 Å². The summed E-state index contributed by atoms with van der Waals surface area (Å²) in [6, 6.07) is 10.1. The summed E-state index contributed by atoms with van der Waals surface area (Å²) in [5.41, 5.74) is 2.98. The molecule has 2 unspecified atom stereocenters. The number of hydrogen-bond acceptors (Lipinski definition) is 1. The Hall–Kier alpha value is -0.530. The van der Waals surface area contributed by atoms with E-state index >= 15 is 0 Å². The van der Waals surface area contributed by atoms with Gasteiger partial charge in [-0.1, -0.05) is 58.4 Å². The molecular weight excluding hydrogens is 278 g/mol. The van der Waals surface area contributed by atoms with Crippen molar-refractivity contribution in [3.8, 4) is 0 Å². The van der Waals surface area contributed by atoms with Crippen LogP contribution in [-0.4, -0.2) is 12.6 Å². The van der Waals surface area contributed by atoms with Gasteiger partial charge in [-0.3, -0.25) is 0 Å². The van der Waals surface area contributed by atoms with E-state index < -0.39 is 0 Å². The van der Waals surface area contributed by atoms with E-state index in [0.717, 1.165) is 5.92 Å². The number of benzene rings is 1. The van der Waals surface area contributed by atoms with Crippen molar-refractivity contribution in [2.24, 2.45) is 5.92 Å². The second kappa shape index (κ2) is 8.80. The van der Waals surface area contributed by atoms with Gasteiger partial charge in [-0.25, -0.2) is 0 Å². The fourth-order valence-corrected chi connectivity index (χ4v) is 3.39. The topological polar surface area (TPSA) is 12.0 Å². The summed E-state index contributed by atoms with van der Waals surface area (Å²) < 4.78 is 0. The summed E-state index contributed by atoms with van der Waals surface area (Å²) in [4.78, 5) is 0. The lowest BCUT2D eigenvalue weighted by atomic mass is 9.81. The Morgan fingerprint density at radius 3 is 2.10 bits per heavy atom. The maximum atomic E-state index is 3.76. The summed E-state index contributed by atoms with van der Waals surface area (Å²) >= 11 is 0. The van der Waals surface area contributed by atoms with Gasteiger partial charge < -0.3 is 5.32 Å². The largest absolute Gasteiger partial charge is 0.313 e. The van der Waals surface area contributed by atoms with Gasteiger partial charge in [-0.15, -0.1) is 12.4 Å². The Bertz CT molecular complexity index is 391. The van der Waals surface area contributed by atoms with Crippen LogP contribution in [0.4, 0.5) is 0 Å². The van der Waals surface area contributed by atoms with Crippen LogP contribution in [-0.2, 0) is 0 Å². The highest BCUT2D eigenvalue weighted by Gasteiger charge is 2.25. The zero-order chi connectivity index (χ0) is 14.5. The molecule has 0 amide bonds. The molecule has 0 aromatic heterocycles. The van der Waals surface area contributed by atoms with E-state index in [0.29, 0.717) is 17.9 Å². The van der Waals surface area contributed by atoms with Crippen LogP contribution in [0.3, 0.4) is 0 Å². The minimum absolute atomic E-state index is 0. The molecule has 0 bridgehead atoms. The van der Waals surface area contributed by atoms with Crippen molar-refractivity contribution in [3.63, 3.8) is 0 Å². The molecule has 1 saturated heterocycles. The first kappa shape index (κ1) is 18.5. The molecule has 0 radical (unpaired) electrons. The van der Waals surface area contributed by atoms with E-state index in [1.165, 1.54) is 43.4 Å². The Morgan fingerprint density at radius 1 is 1.00 bits per heavy atom. The van der Waals surface area contributed by atoms with Crippen LogP contribution in [0, 0.1) is 5.92 Å². The second-order valence-electron chi connectivity index (χ2n) is 7.11. The van der Waals surface area contributed by atoms with Crippen molar-refractivity contribution in [1.82, 2.24) is 5.32 Å². The summed E-state index contributed by atoms with van der Waals surface area (Å²) in [6.45, 7) is 10.4. The lowest BCUT2D eigenvalue weighted by molar-refractivity contribution is 0.318. The predicted octanol–water partition coefficient (Wildman–Crippen LogP) is 5.50. The number of piperidine rings is 1. The molecule has 1 aromatic carbocycles. The third kappa shape index (κ3) is 5.30. The maximum Gasteiger partial charge on any atom is 0.0136 e. The van der Waals surface area contributed by atoms with E-state index in [9.17, 15) is 0 Å². The maximum absolute atomic E-state index is 3.76. The Morgan fingerprint density at radius 2 is 1.62 bits per heavy atom. The number of halogens is 1. The molecule has 1 fully saturated rings. The molecule has 1 aliphatic rings. The zero-order valence-corrected chi connectivity index (χ0v) is 14.9. The average molecular weight is 310 g/mol. The zero-order valence-electron chi connectivity index (χ0n) is 14.1. The van der Waals surface area contributed by atoms with E-state index in [1.807, 2.05) is 0 Å². The van der Waals surface area contributed by atoms with Crippen LogP contribution < -0.4 is 5.32 Å². The van der Waals surface area contributed by atoms with Crippen molar-refractivity contribution in [1.29, 1.82) is 0 Å². The van der Waals surface area contributed by atoms with E-state index in [-0.39, 0.29) is 12.4 Å². The van der Waals surface area contributed by atoms with Gasteiger partial charge in [0.2, 0.25) is 0 Å². The van der Waals surface area contributed by atoms with Gasteiger partial charge in [0.25, 0.3) is 0 Å². The lowest BCUT2D eigenvalue weighted by Gasteiger charge is -2.33. The van der Waals surface area contributed by atoms with Crippen LogP contribution in [0.2, 0.25) is 0 Å². The fraction of sp³-hybridized carbons (Fsp3) is 0.684. The van der Waals surface area contributed by atoms with Crippen LogP contribution in [0.5, 0.6) is 0 Å². The number of rotatable bonds is 5. The molecule has 2 rings (SSSR count). The molecule has 1 aromatic rings. The minimum Gasteiger partial charge on any atom is -0.313 e. The molecule has 0 spiro atoms. The van der Waals surface area contributed by atoms with E-state index in [1.54, 1.807) is 0 Å². The van der Waals surface area contributed by atoms with Crippen LogP contribution in [0.1, 0.15) is 76.3 Å². The summed E-state index contributed by atoms with van der Waals surface area (Å²) in [6.07, 6.45) is 5.36. The van der Waals surface area contributed by atoms with Crippen molar-refractivity contribution in [2.75, 3.05) is 6.54 Å². The van der Waals surface area contributed by atoms with Gasteiger partial charge in [0.05, 0.1) is 0 Å². The molecule has 2 heteroatoms. The van der Waals surface area contributed by atoms with Gasteiger partial charge in [0, 0.05) is 6.04 Å². The molecule has 0 aliphatic carbocycles. The third-order valence-corrected chi connectivity index (χ3v) is 4.59. The molecule has 1 nitrogen and oxygen atoms in total. The SMILES string of the molecule is CC(C)CC(c1ccc(C(C)C)cc1)C1CCCCN1.Cl. The summed E-state index contributed by atoms with van der Waals surface area (Å²) in [5.74, 6) is 2.06. The minimum atomic E-state index is 0. The fourth-order valence-electron chi connectivity index (χ4n) is 3.39. The van der Waals surface area contributed by atoms with Crippen LogP contribution in [0.25, 0.3) is 0 Å². The number of hydrogen-bond donors (Lipinski definition) is 1. The smallest absolute Gasteiger partial charge is 0.0136 e. The highest BCUT2D eigenvalue weighted by atomic mass is 35.5. The molecule has 0 saturated carbocycles. The quantitative estimate of drug-likeness (QED) is 0.757.